The molecule has 0 aliphatic carbocycles. The fraction of sp³-hybridized carbons (Fsp3) is 0.818. The fourth-order valence-corrected chi connectivity index (χ4v) is 2.12. The first-order valence-corrected chi connectivity index (χ1v) is 6.56. The molecule has 0 aromatic carbocycles. The summed E-state index contributed by atoms with van der Waals surface area (Å²) < 4.78 is 4.57. The van der Waals surface area contributed by atoms with Gasteiger partial charge in [-0.05, 0) is 13.8 Å². The molecule has 1 atom stereocenters. The van der Waals surface area contributed by atoms with Gasteiger partial charge in [0.15, 0.2) is 0 Å². The van der Waals surface area contributed by atoms with Crippen molar-refractivity contribution in [2.24, 2.45) is 0 Å². The van der Waals surface area contributed by atoms with Crippen LogP contribution in [0.2, 0.25) is 0 Å². The maximum atomic E-state index is 11.7. The molecule has 0 fully saturated rings. The predicted octanol–water partition coefficient (Wildman–Crippen LogP) is 1.54. The van der Waals surface area contributed by atoms with Crippen LogP contribution in [0.15, 0.2) is 0 Å². The Labute approximate surface area is 102 Å². The summed E-state index contributed by atoms with van der Waals surface area (Å²) in [5, 5.41) is 0.118. The normalized spacial score (nSPS) is 12.0. The summed E-state index contributed by atoms with van der Waals surface area (Å²) in [7, 11) is 1.38. The Hall–Kier alpha value is -0.710. The molecule has 5 heteroatoms. The number of ether oxygens (including phenoxy) is 1. The zero-order valence-corrected chi connectivity index (χ0v) is 11.3. The molecule has 4 nitrogen and oxygen atoms in total. The lowest BCUT2D eigenvalue weighted by Crippen LogP contribution is -2.32. The Balaban J connectivity index is 3.86. The van der Waals surface area contributed by atoms with Crippen molar-refractivity contribution in [1.82, 2.24) is 4.90 Å². The average Bonchev–Trinajstić information content (AvgIpc) is 2.27. The van der Waals surface area contributed by atoms with E-state index < -0.39 is 0 Å². The summed E-state index contributed by atoms with van der Waals surface area (Å²) in [6, 6.07) is 0. The van der Waals surface area contributed by atoms with Gasteiger partial charge in [0, 0.05) is 18.3 Å². The van der Waals surface area contributed by atoms with Crippen LogP contribution in [0.4, 0.5) is 0 Å². The van der Waals surface area contributed by atoms with Crippen LogP contribution in [-0.2, 0) is 14.3 Å². The van der Waals surface area contributed by atoms with E-state index >= 15 is 0 Å². The largest absolute Gasteiger partial charge is 0.469 e. The van der Waals surface area contributed by atoms with Crippen LogP contribution in [-0.4, -0.2) is 48.0 Å². The van der Waals surface area contributed by atoms with E-state index in [1.165, 1.54) is 18.9 Å². The van der Waals surface area contributed by atoms with Gasteiger partial charge in [-0.1, -0.05) is 6.92 Å². The number of hydrogen-bond donors (Lipinski definition) is 0. The van der Waals surface area contributed by atoms with Crippen molar-refractivity contribution in [2.45, 2.75) is 32.4 Å². The molecular weight excluding hydrogens is 226 g/mol. The van der Waals surface area contributed by atoms with E-state index in [0.717, 1.165) is 13.1 Å². The fourth-order valence-electron chi connectivity index (χ4n) is 1.26. The van der Waals surface area contributed by atoms with Crippen LogP contribution in [0, 0.1) is 0 Å². The molecule has 0 radical (unpaired) electrons. The smallest absolute Gasteiger partial charge is 0.306 e. The number of rotatable bonds is 7. The van der Waals surface area contributed by atoms with E-state index in [9.17, 15) is 9.59 Å². The summed E-state index contributed by atoms with van der Waals surface area (Å²) >= 11 is 1.50. The molecule has 94 valence electrons. The van der Waals surface area contributed by atoms with E-state index in [2.05, 4.69) is 4.74 Å². The van der Waals surface area contributed by atoms with Crippen molar-refractivity contribution in [3.63, 3.8) is 0 Å². The molecular formula is C11H21NO3S. The number of hydrogen-bond acceptors (Lipinski definition) is 4. The van der Waals surface area contributed by atoms with Crippen molar-refractivity contribution in [1.29, 1.82) is 0 Å². The molecule has 0 heterocycles. The maximum Gasteiger partial charge on any atom is 0.306 e. The number of esters is 1. The molecule has 1 amide bonds. The molecule has 0 aromatic heterocycles. The summed E-state index contributed by atoms with van der Waals surface area (Å²) in [4.78, 5) is 24.4. The summed E-state index contributed by atoms with van der Waals surface area (Å²) in [6.07, 6.45) is 0.354. The molecule has 0 spiro atoms. The summed E-state index contributed by atoms with van der Waals surface area (Å²) in [6.45, 7) is 7.33. The van der Waals surface area contributed by atoms with Gasteiger partial charge in [-0.3, -0.25) is 9.59 Å². The van der Waals surface area contributed by atoms with Crippen LogP contribution in [0.25, 0.3) is 0 Å². The third-order valence-electron chi connectivity index (χ3n) is 2.29. The van der Waals surface area contributed by atoms with Gasteiger partial charge in [0.1, 0.15) is 0 Å². The van der Waals surface area contributed by atoms with E-state index in [4.69, 9.17) is 0 Å². The third kappa shape index (κ3) is 6.00. The van der Waals surface area contributed by atoms with Crippen LogP contribution < -0.4 is 0 Å². The van der Waals surface area contributed by atoms with E-state index in [-0.39, 0.29) is 17.1 Å². The molecule has 0 N–H and O–H groups in total. The molecule has 0 saturated carbocycles. The first kappa shape index (κ1) is 15.3. The lowest BCUT2D eigenvalue weighted by molar-refractivity contribution is -0.140. The van der Waals surface area contributed by atoms with Crippen LogP contribution in [0.3, 0.4) is 0 Å². The van der Waals surface area contributed by atoms with E-state index in [1.807, 2.05) is 20.8 Å². The highest BCUT2D eigenvalue weighted by atomic mass is 32.2. The minimum atomic E-state index is -0.227. The minimum absolute atomic E-state index is 0.118. The quantitative estimate of drug-likeness (QED) is 0.640. The number of amides is 1. The molecule has 0 aliphatic rings. The maximum absolute atomic E-state index is 11.7. The van der Waals surface area contributed by atoms with E-state index in [1.54, 1.807) is 4.90 Å². The molecule has 16 heavy (non-hydrogen) atoms. The second-order valence-electron chi connectivity index (χ2n) is 3.47. The molecule has 0 saturated heterocycles. The lowest BCUT2D eigenvalue weighted by Gasteiger charge is -2.19. The highest BCUT2D eigenvalue weighted by molar-refractivity contribution is 8.00. The third-order valence-corrected chi connectivity index (χ3v) is 3.44. The molecule has 0 aromatic rings. The van der Waals surface area contributed by atoms with Gasteiger partial charge in [0.05, 0.1) is 19.3 Å². The zero-order chi connectivity index (χ0) is 12.6. The highest BCUT2D eigenvalue weighted by Crippen LogP contribution is 2.15. The first-order chi connectivity index (χ1) is 7.54. The topological polar surface area (TPSA) is 46.6 Å². The molecule has 0 rings (SSSR count). The Bertz CT molecular complexity index is 229. The van der Waals surface area contributed by atoms with Gasteiger partial charge in [-0.15, -0.1) is 11.8 Å². The zero-order valence-electron chi connectivity index (χ0n) is 10.5. The molecule has 0 bridgehead atoms. The Morgan fingerprint density at radius 3 is 2.31 bits per heavy atom. The van der Waals surface area contributed by atoms with Gasteiger partial charge >= 0.3 is 5.97 Å². The van der Waals surface area contributed by atoms with Crippen molar-refractivity contribution >= 4 is 23.6 Å². The first-order valence-electron chi connectivity index (χ1n) is 5.51. The van der Waals surface area contributed by atoms with Gasteiger partial charge in [0.2, 0.25) is 5.91 Å². The Morgan fingerprint density at radius 2 is 1.88 bits per heavy atom. The minimum Gasteiger partial charge on any atom is -0.469 e. The lowest BCUT2D eigenvalue weighted by atomic mass is 10.3. The second kappa shape index (κ2) is 8.44. The number of methoxy groups -OCH3 is 1. The van der Waals surface area contributed by atoms with E-state index in [0.29, 0.717) is 12.2 Å². The van der Waals surface area contributed by atoms with Gasteiger partial charge in [0.25, 0.3) is 0 Å². The van der Waals surface area contributed by atoms with Crippen molar-refractivity contribution in [3.8, 4) is 0 Å². The number of carbonyl (C=O) groups excluding carboxylic acids is 2. The Kier molecular flexibility index (Phi) is 8.07. The van der Waals surface area contributed by atoms with Gasteiger partial charge in [-0.2, -0.15) is 0 Å². The summed E-state index contributed by atoms with van der Waals surface area (Å²) in [5.74, 6) is 0.335. The van der Waals surface area contributed by atoms with Gasteiger partial charge in [-0.25, -0.2) is 0 Å². The Morgan fingerprint density at radius 1 is 1.31 bits per heavy atom. The van der Waals surface area contributed by atoms with Crippen LogP contribution in [0.5, 0.6) is 0 Å². The van der Waals surface area contributed by atoms with Crippen molar-refractivity contribution in [2.75, 3.05) is 26.0 Å². The number of nitrogens with zero attached hydrogens (tertiary/aromatic N) is 1. The number of thioether (sulfide) groups is 1. The number of carbonyl (C=O) groups is 2. The molecule has 1 unspecified atom stereocenters. The SMILES string of the molecule is CCN(CC)C(=O)CSC(C)CC(=O)OC. The standard InChI is InChI=1S/C11H21NO3S/c1-5-12(6-2)10(13)8-16-9(3)7-11(14)15-4/h9H,5-8H2,1-4H3. The average molecular weight is 247 g/mol. The second-order valence-corrected chi connectivity index (χ2v) is 4.89. The summed E-state index contributed by atoms with van der Waals surface area (Å²) in [5.41, 5.74) is 0. The van der Waals surface area contributed by atoms with Gasteiger partial charge < -0.3 is 9.64 Å². The van der Waals surface area contributed by atoms with Crippen LogP contribution >= 0.6 is 11.8 Å². The van der Waals surface area contributed by atoms with Crippen LogP contribution in [0.1, 0.15) is 27.2 Å². The highest BCUT2D eigenvalue weighted by Gasteiger charge is 2.14. The van der Waals surface area contributed by atoms with Crippen molar-refractivity contribution in [3.05, 3.63) is 0 Å². The predicted molar refractivity (Wildman–Crippen MR) is 66.5 cm³/mol. The monoisotopic (exact) mass is 247 g/mol. The van der Waals surface area contributed by atoms with Crippen molar-refractivity contribution < 1.29 is 14.3 Å². The molecule has 0 aliphatic heterocycles.